The van der Waals surface area contributed by atoms with Crippen molar-refractivity contribution in [3.63, 3.8) is 0 Å². The van der Waals surface area contributed by atoms with Gasteiger partial charge >= 0.3 is 0 Å². The molecule has 32 heavy (non-hydrogen) atoms. The molecular formula is C23H23FN2O5S. The van der Waals surface area contributed by atoms with Gasteiger partial charge in [-0.25, -0.2) is 12.8 Å². The summed E-state index contributed by atoms with van der Waals surface area (Å²) in [5.41, 5.74) is 1.48. The van der Waals surface area contributed by atoms with Gasteiger partial charge in [0.15, 0.2) is 0 Å². The van der Waals surface area contributed by atoms with E-state index < -0.39 is 15.8 Å². The Balaban J connectivity index is 1.59. The van der Waals surface area contributed by atoms with E-state index in [4.69, 9.17) is 9.47 Å². The summed E-state index contributed by atoms with van der Waals surface area (Å²) in [4.78, 5) is 12.4. The van der Waals surface area contributed by atoms with Crippen LogP contribution in [0.25, 0.3) is 0 Å². The largest absolute Gasteiger partial charge is 0.497 e. The van der Waals surface area contributed by atoms with E-state index in [1.165, 1.54) is 36.4 Å². The lowest BCUT2D eigenvalue weighted by atomic mass is 10.1. The Labute approximate surface area is 186 Å². The Morgan fingerprint density at radius 2 is 1.62 bits per heavy atom. The smallest absolute Gasteiger partial charge is 0.261 e. The molecule has 2 N–H and O–H groups in total. The van der Waals surface area contributed by atoms with Gasteiger partial charge in [0.05, 0.1) is 19.1 Å². The van der Waals surface area contributed by atoms with Gasteiger partial charge in [-0.2, -0.15) is 0 Å². The van der Waals surface area contributed by atoms with Gasteiger partial charge in [-0.1, -0.05) is 6.07 Å². The third-order valence-corrected chi connectivity index (χ3v) is 6.09. The van der Waals surface area contributed by atoms with Crippen LogP contribution in [0.4, 0.5) is 10.1 Å². The Bertz CT molecular complexity index is 1180. The summed E-state index contributed by atoms with van der Waals surface area (Å²) in [6, 6.07) is 16.0. The first-order valence-corrected chi connectivity index (χ1v) is 11.2. The fraction of sp³-hybridized carbons (Fsp3) is 0.174. The van der Waals surface area contributed by atoms with Crippen LogP contribution in [0.1, 0.15) is 15.9 Å². The van der Waals surface area contributed by atoms with E-state index in [2.05, 4.69) is 10.0 Å². The number of amides is 1. The molecule has 0 radical (unpaired) electrons. The molecule has 0 unspecified atom stereocenters. The summed E-state index contributed by atoms with van der Waals surface area (Å²) < 4.78 is 50.8. The molecule has 0 aromatic heterocycles. The third-order valence-electron chi connectivity index (χ3n) is 4.70. The van der Waals surface area contributed by atoms with Gasteiger partial charge in [-0.05, 0) is 66.6 Å². The molecule has 0 atom stereocenters. The number of hydrogen-bond donors (Lipinski definition) is 2. The second-order valence-corrected chi connectivity index (χ2v) is 8.50. The van der Waals surface area contributed by atoms with Crippen LogP contribution in [-0.2, 0) is 16.4 Å². The Morgan fingerprint density at radius 1 is 0.938 bits per heavy atom. The maximum atomic E-state index is 13.0. The number of rotatable bonds is 9. The first-order chi connectivity index (χ1) is 15.3. The predicted octanol–water partition coefficient (Wildman–Crippen LogP) is 3.62. The highest BCUT2D eigenvalue weighted by molar-refractivity contribution is 7.92. The lowest BCUT2D eigenvalue weighted by Gasteiger charge is -2.11. The number of halogens is 1. The quantitative estimate of drug-likeness (QED) is 0.511. The van der Waals surface area contributed by atoms with Gasteiger partial charge in [-0.3, -0.25) is 9.52 Å². The molecule has 3 aromatic carbocycles. The Hall–Kier alpha value is -3.59. The van der Waals surface area contributed by atoms with Crippen LogP contribution in [0.3, 0.4) is 0 Å². The second-order valence-electron chi connectivity index (χ2n) is 6.82. The average Bonchev–Trinajstić information content (AvgIpc) is 2.80. The van der Waals surface area contributed by atoms with Crippen LogP contribution in [-0.4, -0.2) is 35.1 Å². The number of methoxy groups -OCH3 is 2. The predicted molar refractivity (Wildman–Crippen MR) is 119 cm³/mol. The van der Waals surface area contributed by atoms with E-state index in [0.29, 0.717) is 30.0 Å². The van der Waals surface area contributed by atoms with E-state index in [0.717, 1.165) is 17.7 Å². The van der Waals surface area contributed by atoms with Crippen LogP contribution in [0.5, 0.6) is 11.5 Å². The highest BCUT2D eigenvalue weighted by Crippen LogP contribution is 2.24. The SMILES string of the molecule is COc1ccc(CCNC(=O)c2ccc(S(=O)(=O)Nc3ccc(F)cc3)cc2)c(OC)c1. The summed E-state index contributed by atoms with van der Waals surface area (Å²) in [6.45, 7) is 0.369. The summed E-state index contributed by atoms with van der Waals surface area (Å²) in [6.07, 6.45) is 0.549. The van der Waals surface area contributed by atoms with E-state index in [1.807, 2.05) is 12.1 Å². The number of benzene rings is 3. The minimum Gasteiger partial charge on any atom is -0.497 e. The van der Waals surface area contributed by atoms with E-state index >= 15 is 0 Å². The van der Waals surface area contributed by atoms with E-state index in [1.54, 1.807) is 20.3 Å². The molecule has 168 valence electrons. The van der Waals surface area contributed by atoms with Gasteiger partial charge in [0.25, 0.3) is 15.9 Å². The molecule has 0 saturated heterocycles. The first-order valence-electron chi connectivity index (χ1n) is 9.70. The van der Waals surface area contributed by atoms with Crippen molar-refractivity contribution in [1.29, 1.82) is 0 Å². The van der Waals surface area contributed by atoms with Gasteiger partial charge in [-0.15, -0.1) is 0 Å². The number of hydrogen-bond acceptors (Lipinski definition) is 5. The van der Waals surface area contributed by atoms with Crippen LogP contribution in [0.15, 0.2) is 71.6 Å². The van der Waals surface area contributed by atoms with Crippen LogP contribution < -0.4 is 19.5 Å². The zero-order valence-corrected chi connectivity index (χ0v) is 18.4. The number of carbonyl (C=O) groups is 1. The lowest BCUT2D eigenvalue weighted by Crippen LogP contribution is -2.25. The number of ether oxygens (including phenoxy) is 2. The molecule has 3 rings (SSSR count). The summed E-state index contributed by atoms with van der Waals surface area (Å²) in [7, 11) is -0.723. The number of carbonyl (C=O) groups excluding carboxylic acids is 1. The number of nitrogens with one attached hydrogen (secondary N) is 2. The minimum absolute atomic E-state index is 0.0126. The standard InChI is InChI=1S/C23H23FN2O5S/c1-30-20-10-3-16(22(15-20)31-2)13-14-25-23(27)17-4-11-21(12-5-17)32(28,29)26-19-8-6-18(24)7-9-19/h3-12,15,26H,13-14H2,1-2H3,(H,25,27). The minimum atomic E-state index is -3.86. The normalized spacial score (nSPS) is 11.0. The molecule has 0 aliphatic carbocycles. The maximum absolute atomic E-state index is 13.0. The highest BCUT2D eigenvalue weighted by atomic mass is 32.2. The molecule has 3 aromatic rings. The van der Waals surface area contributed by atoms with Gasteiger partial charge in [0.2, 0.25) is 0 Å². The fourth-order valence-corrected chi connectivity index (χ4v) is 4.05. The molecule has 0 aliphatic heterocycles. The van der Waals surface area contributed by atoms with Crippen molar-refractivity contribution in [3.05, 3.63) is 83.7 Å². The zero-order chi connectivity index (χ0) is 23.1. The van der Waals surface area contributed by atoms with Crippen molar-refractivity contribution in [2.45, 2.75) is 11.3 Å². The third kappa shape index (κ3) is 5.76. The van der Waals surface area contributed by atoms with Crippen LogP contribution in [0.2, 0.25) is 0 Å². The molecule has 0 spiro atoms. The molecule has 1 amide bonds. The Kier molecular flexibility index (Phi) is 7.32. The molecular weight excluding hydrogens is 435 g/mol. The van der Waals surface area contributed by atoms with Crippen molar-refractivity contribution in [2.75, 3.05) is 25.5 Å². The topological polar surface area (TPSA) is 93.7 Å². The summed E-state index contributed by atoms with van der Waals surface area (Å²) in [5, 5.41) is 2.80. The highest BCUT2D eigenvalue weighted by Gasteiger charge is 2.15. The molecule has 7 nitrogen and oxygen atoms in total. The van der Waals surface area contributed by atoms with Crippen molar-refractivity contribution >= 4 is 21.6 Å². The van der Waals surface area contributed by atoms with Crippen LogP contribution in [0, 0.1) is 5.82 Å². The fourth-order valence-electron chi connectivity index (χ4n) is 2.99. The van der Waals surface area contributed by atoms with Crippen molar-refractivity contribution in [2.24, 2.45) is 0 Å². The van der Waals surface area contributed by atoms with Crippen molar-refractivity contribution in [1.82, 2.24) is 5.32 Å². The lowest BCUT2D eigenvalue weighted by molar-refractivity contribution is 0.0954. The zero-order valence-electron chi connectivity index (χ0n) is 17.6. The number of anilines is 1. The van der Waals surface area contributed by atoms with E-state index in [-0.39, 0.29) is 16.5 Å². The second kappa shape index (κ2) is 10.1. The summed E-state index contributed by atoms with van der Waals surface area (Å²) >= 11 is 0. The molecule has 0 fully saturated rings. The molecule has 0 aliphatic rings. The van der Waals surface area contributed by atoms with Gasteiger partial charge in [0.1, 0.15) is 17.3 Å². The van der Waals surface area contributed by atoms with Crippen LogP contribution >= 0.6 is 0 Å². The molecule has 9 heteroatoms. The number of sulfonamides is 1. The molecule has 0 bridgehead atoms. The van der Waals surface area contributed by atoms with E-state index in [9.17, 15) is 17.6 Å². The first kappa shape index (κ1) is 23.1. The van der Waals surface area contributed by atoms with Gasteiger partial charge in [0, 0.05) is 23.9 Å². The maximum Gasteiger partial charge on any atom is 0.261 e. The average molecular weight is 459 g/mol. The molecule has 0 saturated carbocycles. The van der Waals surface area contributed by atoms with Crippen molar-refractivity contribution in [3.8, 4) is 11.5 Å². The summed E-state index contributed by atoms with van der Waals surface area (Å²) in [5.74, 6) is 0.557. The monoisotopic (exact) mass is 458 g/mol. The van der Waals surface area contributed by atoms with Crippen molar-refractivity contribution < 1.29 is 27.1 Å². The van der Waals surface area contributed by atoms with Gasteiger partial charge < -0.3 is 14.8 Å². The Morgan fingerprint density at radius 3 is 2.25 bits per heavy atom. The molecule has 0 heterocycles.